The molecule has 0 aromatic heterocycles. The molecule has 0 fully saturated rings. The highest BCUT2D eigenvalue weighted by atomic mass is 35.5. The van der Waals surface area contributed by atoms with E-state index in [2.05, 4.69) is 17.4 Å². The first-order valence-corrected chi connectivity index (χ1v) is 7.52. The molecule has 1 nitrogen and oxygen atoms in total. The average Bonchev–Trinajstić information content (AvgIpc) is 2.79. The van der Waals surface area contributed by atoms with Crippen LogP contribution < -0.4 is 5.32 Å². The van der Waals surface area contributed by atoms with Crippen LogP contribution in [0.4, 0.5) is 10.1 Å². The fourth-order valence-corrected chi connectivity index (χ4v) is 3.77. The Balaban J connectivity index is 1.87. The van der Waals surface area contributed by atoms with Gasteiger partial charge in [0.2, 0.25) is 0 Å². The minimum atomic E-state index is -0.574. The molecule has 1 aliphatic heterocycles. The summed E-state index contributed by atoms with van der Waals surface area (Å²) in [5, 5.41) is 3.42. The van der Waals surface area contributed by atoms with Crippen LogP contribution in [0.1, 0.15) is 11.6 Å². The van der Waals surface area contributed by atoms with Crippen molar-refractivity contribution in [1.29, 1.82) is 0 Å². The van der Waals surface area contributed by atoms with Gasteiger partial charge in [-0.1, -0.05) is 41.4 Å². The smallest absolute Gasteiger partial charge is 0.160 e. The second-order valence-corrected chi connectivity index (χ2v) is 6.18. The van der Waals surface area contributed by atoms with Gasteiger partial charge in [-0.25, -0.2) is 4.39 Å². The van der Waals surface area contributed by atoms with Crippen LogP contribution >= 0.6 is 35.0 Å². The molecule has 2 aromatic carbocycles. The van der Waals surface area contributed by atoms with Gasteiger partial charge in [0, 0.05) is 16.3 Å². The van der Waals surface area contributed by atoms with E-state index in [9.17, 15) is 4.39 Å². The zero-order valence-electron chi connectivity index (χ0n) is 9.79. The number of hydrogen-bond acceptors (Lipinski definition) is 2. The van der Waals surface area contributed by atoms with Gasteiger partial charge in [0.15, 0.2) is 5.82 Å². The van der Waals surface area contributed by atoms with Crippen molar-refractivity contribution >= 4 is 40.7 Å². The molecule has 19 heavy (non-hydrogen) atoms. The Morgan fingerprint density at radius 2 is 1.84 bits per heavy atom. The van der Waals surface area contributed by atoms with E-state index in [1.807, 2.05) is 12.1 Å². The number of anilines is 1. The predicted molar refractivity (Wildman–Crippen MR) is 79.9 cm³/mol. The van der Waals surface area contributed by atoms with Gasteiger partial charge in [-0.2, -0.15) is 0 Å². The Hall–Kier alpha value is -0.900. The van der Waals surface area contributed by atoms with Gasteiger partial charge >= 0.3 is 0 Å². The van der Waals surface area contributed by atoms with Gasteiger partial charge < -0.3 is 5.32 Å². The average molecular weight is 314 g/mol. The molecule has 3 rings (SSSR count). The first kappa shape index (κ1) is 13.1. The second kappa shape index (κ2) is 5.23. The lowest BCUT2D eigenvalue weighted by Crippen LogP contribution is -2.09. The van der Waals surface area contributed by atoms with E-state index in [0.717, 1.165) is 11.4 Å². The Kier molecular flexibility index (Phi) is 3.61. The molecule has 5 heteroatoms. The number of rotatable bonds is 2. The topological polar surface area (TPSA) is 12.0 Å². The second-order valence-electron chi connectivity index (χ2n) is 4.30. The summed E-state index contributed by atoms with van der Waals surface area (Å²) in [6.45, 7) is 0. The molecule has 98 valence electrons. The molecule has 1 aliphatic rings. The Labute approximate surface area is 125 Å². The summed E-state index contributed by atoms with van der Waals surface area (Å²) < 4.78 is 13.4. The molecule has 0 radical (unpaired) electrons. The summed E-state index contributed by atoms with van der Waals surface area (Å²) in [5.74, 6) is 0.362. The lowest BCUT2D eigenvalue weighted by atomic mass is 10.1. The molecule has 0 bridgehead atoms. The maximum atomic E-state index is 13.4. The standard InChI is InChI=1S/C14H10Cl2FNS/c15-10-5-8(6-11(16)14(10)17)18-12-7-19-13-4-2-1-3-9(12)13/h1-6,12,18H,7H2. The van der Waals surface area contributed by atoms with Crippen LogP contribution in [0.5, 0.6) is 0 Å². The predicted octanol–water partition coefficient (Wildman–Crippen LogP) is 5.39. The lowest BCUT2D eigenvalue weighted by Gasteiger charge is -2.15. The summed E-state index contributed by atoms with van der Waals surface area (Å²) >= 11 is 13.4. The van der Waals surface area contributed by atoms with Crippen LogP contribution in [0.25, 0.3) is 0 Å². The summed E-state index contributed by atoms with van der Waals surface area (Å²) in [4.78, 5) is 1.28. The van der Waals surface area contributed by atoms with Crippen LogP contribution in [0.2, 0.25) is 10.0 Å². The third-order valence-corrected chi connectivity index (χ3v) is 4.76. The van der Waals surface area contributed by atoms with Gasteiger partial charge in [0.25, 0.3) is 0 Å². The van der Waals surface area contributed by atoms with Crippen LogP contribution in [0.3, 0.4) is 0 Å². The van der Waals surface area contributed by atoms with Gasteiger partial charge in [-0.3, -0.25) is 0 Å². The lowest BCUT2D eigenvalue weighted by molar-refractivity contribution is 0.628. The molecule has 0 spiro atoms. The molecule has 1 unspecified atom stereocenters. The van der Waals surface area contributed by atoms with Crippen LogP contribution in [0.15, 0.2) is 41.3 Å². The molecule has 0 saturated heterocycles. The Morgan fingerprint density at radius 3 is 2.58 bits per heavy atom. The van der Waals surface area contributed by atoms with E-state index in [0.29, 0.717) is 0 Å². The molecule has 0 aliphatic carbocycles. The summed E-state index contributed by atoms with van der Waals surface area (Å²) in [5.41, 5.74) is 1.99. The number of thioether (sulfide) groups is 1. The van der Waals surface area contributed by atoms with Gasteiger partial charge in [-0.05, 0) is 23.8 Å². The van der Waals surface area contributed by atoms with Crippen LogP contribution in [-0.4, -0.2) is 5.75 Å². The van der Waals surface area contributed by atoms with E-state index < -0.39 is 5.82 Å². The quantitative estimate of drug-likeness (QED) is 0.746. The number of halogens is 3. The summed E-state index contributed by atoms with van der Waals surface area (Å²) in [6, 6.07) is 11.6. The molecule has 1 N–H and O–H groups in total. The van der Waals surface area contributed by atoms with Crippen molar-refractivity contribution in [2.24, 2.45) is 0 Å². The van der Waals surface area contributed by atoms with Gasteiger partial charge in [-0.15, -0.1) is 11.8 Å². The minimum absolute atomic E-state index is 0.0361. The molecule has 1 heterocycles. The van der Waals surface area contributed by atoms with Crippen molar-refractivity contribution in [2.75, 3.05) is 11.1 Å². The van der Waals surface area contributed by atoms with E-state index in [1.165, 1.54) is 10.5 Å². The number of nitrogens with one attached hydrogen (secondary N) is 1. The van der Waals surface area contributed by atoms with Crippen molar-refractivity contribution in [3.05, 3.63) is 57.8 Å². The fraction of sp³-hybridized carbons (Fsp3) is 0.143. The largest absolute Gasteiger partial charge is 0.377 e. The maximum absolute atomic E-state index is 13.4. The zero-order valence-corrected chi connectivity index (χ0v) is 12.1. The number of fused-ring (bicyclic) bond motifs is 1. The number of hydrogen-bond donors (Lipinski definition) is 1. The molecule has 0 saturated carbocycles. The fourth-order valence-electron chi connectivity index (χ4n) is 2.12. The van der Waals surface area contributed by atoms with Crippen molar-refractivity contribution in [3.8, 4) is 0 Å². The third kappa shape index (κ3) is 2.55. The maximum Gasteiger partial charge on any atom is 0.160 e. The highest BCUT2D eigenvalue weighted by Crippen LogP contribution is 2.40. The third-order valence-electron chi connectivity index (χ3n) is 3.02. The van der Waals surface area contributed by atoms with E-state index >= 15 is 0 Å². The SMILES string of the molecule is Fc1c(Cl)cc(NC2CSc3ccccc32)cc1Cl. The number of benzene rings is 2. The normalized spacial score (nSPS) is 17.3. The Morgan fingerprint density at radius 1 is 1.16 bits per heavy atom. The van der Waals surface area contributed by atoms with Crippen molar-refractivity contribution < 1.29 is 4.39 Å². The van der Waals surface area contributed by atoms with E-state index in [4.69, 9.17) is 23.2 Å². The van der Waals surface area contributed by atoms with E-state index in [-0.39, 0.29) is 16.1 Å². The van der Waals surface area contributed by atoms with Crippen molar-refractivity contribution in [1.82, 2.24) is 0 Å². The highest BCUT2D eigenvalue weighted by molar-refractivity contribution is 7.99. The van der Waals surface area contributed by atoms with Crippen LogP contribution in [0, 0.1) is 5.82 Å². The first-order valence-electron chi connectivity index (χ1n) is 5.78. The minimum Gasteiger partial charge on any atom is -0.377 e. The zero-order chi connectivity index (χ0) is 13.4. The monoisotopic (exact) mass is 313 g/mol. The molecule has 1 atom stereocenters. The molecule has 0 amide bonds. The molecule has 2 aromatic rings. The van der Waals surface area contributed by atoms with Gasteiger partial charge in [0.1, 0.15) is 0 Å². The van der Waals surface area contributed by atoms with Crippen molar-refractivity contribution in [2.45, 2.75) is 10.9 Å². The first-order chi connectivity index (χ1) is 9.15. The van der Waals surface area contributed by atoms with Crippen LogP contribution in [-0.2, 0) is 0 Å². The summed E-state index contributed by atoms with van der Waals surface area (Å²) in [6.07, 6.45) is 0. The van der Waals surface area contributed by atoms with Gasteiger partial charge in [0.05, 0.1) is 16.1 Å². The Bertz CT molecular complexity index is 610. The highest BCUT2D eigenvalue weighted by Gasteiger charge is 2.22. The van der Waals surface area contributed by atoms with Crippen molar-refractivity contribution in [3.63, 3.8) is 0 Å². The summed E-state index contributed by atoms with van der Waals surface area (Å²) in [7, 11) is 0. The van der Waals surface area contributed by atoms with E-state index in [1.54, 1.807) is 23.9 Å². The molecular formula is C14H10Cl2FNS. The molecular weight excluding hydrogens is 304 g/mol.